The van der Waals surface area contributed by atoms with Gasteiger partial charge in [-0.25, -0.2) is 9.97 Å². The SMILES string of the molecule is N#Cc1ccc2c(c1)C1(CCCCC1)c1cc(-c3ccc(-c4ccc(-c5cc(-c6ccc(-c7ccccc7)cc6)nc(-c6ccccc6)n5)cc4)c4ccccc34)ccc1-2. The first-order valence-electron chi connectivity index (χ1n) is 21.1. The van der Waals surface area contributed by atoms with Gasteiger partial charge in [-0.1, -0.05) is 183 Å². The number of nitrogens with zero attached hydrogens (tertiary/aromatic N) is 3. The van der Waals surface area contributed by atoms with E-state index < -0.39 is 0 Å². The van der Waals surface area contributed by atoms with Crippen molar-refractivity contribution in [2.75, 3.05) is 0 Å². The topological polar surface area (TPSA) is 49.6 Å². The molecule has 0 radical (unpaired) electrons. The Morgan fingerprint density at radius 1 is 0.383 bits per heavy atom. The van der Waals surface area contributed by atoms with E-state index in [0.717, 1.165) is 52.0 Å². The van der Waals surface area contributed by atoms with Crippen molar-refractivity contribution in [2.45, 2.75) is 37.5 Å². The second-order valence-electron chi connectivity index (χ2n) is 16.3. The van der Waals surface area contributed by atoms with Crippen molar-refractivity contribution in [1.82, 2.24) is 9.97 Å². The summed E-state index contributed by atoms with van der Waals surface area (Å²) < 4.78 is 0. The monoisotopic (exact) mass is 767 g/mol. The first kappa shape index (κ1) is 35.7. The van der Waals surface area contributed by atoms with Crippen LogP contribution in [-0.4, -0.2) is 9.97 Å². The second-order valence-corrected chi connectivity index (χ2v) is 16.3. The van der Waals surface area contributed by atoms with Crippen LogP contribution in [0.5, 0.6) is 0 Å². The highest BCUT2D eigenvalue weighted by Crippen LogP contribution is 2.56. The smallest absolute Gasteiger partial charge is 0.160 e. The number of aromatic nitrogens is 2. The zero-order valence-corrected chi connectivity index (χ0v) is 33.3. The van der Waals surface area contributed by atoms with Gasteiger partial charge in [0.05, 0.1) is 23.0 Å². The van der Waals surface area contributed by atoms with Gasteiger partial charge in [0.25, 0.3) is 0 Å². The van der Waals surface area contributed by atoms with Gasteiger partial charge < -0.3 is 0 Å². The average molecular weight is 768 g/mol. The van der Waals surface area contributed by atoms with Crippen LogP contribution in [0.25, 0.3) is 89.2 Å². The molecule has 0 saturated heterocycles. The maximum Gasteiger partial charge on any atom is 0.160 e. The molecular formula is C57H41N3. The molecule has 0 unspecified atom stereocenters. The molecule has 0 atom stereocenters. The maximum atomic E-state index is 9.82. The molecule has 1 fully saturated rings. The van der Waals surface area contributed by atoms with E-state index in [1.54, 1.807) is 0 Å². The van der Waals surface area contributed by atoms with Gasteiger partial charge in [0.15, 0.2) is 5.82 Å². The number of rotatable bonds is 6. The lowest BCUT2D eigenvalue weighted by Crippen LogP contribution is -2.28. The number of nitriles is 1. The molecule has 3 nitrogen and oxygen atoms in total. The molecule has 0 N–H and O–H groups in total. The molecule has 1 aromatic heterocycles. The van der Waals surface area contributed by atoms with Crippen LogP contribution in [0.2, 0.25) is 0 Å². The highest BCUT2D eigenvalue weighted by Gasteiger charge is 2.44. The lowest BCUT2D eigenvalue weighted by molar-refractivity contribution is 0.353. The quantitative estimate of drug-likeness (QED) is 0.169. The molecule has 3 heteroatoms. The zero-order chi connectivity index (χ0) is 40.0. The van der Waals surface area contributed by atoms with E-state index in [1.165, 1.54) is 80.1 Å². The van der Waals surface area contributed by atoms with Gasteiger partial charge in [-0.05, 0) is 104 Å². The Hall–Kier alpha value is -7.41. The molecule has 0 bridgehead atoms. The third-order valence-corrected chi connectivity index (χ3v) is 13.0. The van der Waals surface area contributed by atoms with Crippen molar-refractivity contribution in [3.8, 4) is 84.5 Å². The minimum atomic E-state index is -0.0252. The summed E-state index contributed by atoms with van der Waals surface area (Å²) in [4.78, 5) is 10.2. The first-order chi connectivity index (χ1) is 29.6. The summed E-state index contributed by atoms with van der Waals surface area (Å²) in [6, 6.07) is 69.6. The third kappa shape index (κ3) is 6.12. The second kappa shape index (κ2) is 14.8. The van der Waals surface area contributed by atoms with E-state index in [0.29, 0.717) is 5.82 Å². The molecule has 284 valence electrons. The Labute approximate surface area is 351 Å². The molecule has 0 aliphatic heterocycles. The zero-order valence-electron chi connectivity index (χ0n) is 33.3. The van der Waals surface area contributed by atoms with Crippen molar-refractivity contribution < 1.29 is 0 Å². The lowest BCUT2D eigenvalue weighted by atomic mass is 9.67. The minimum absolute atomic E-state index is 0.0252. The van der Waals surface area contributed by atoms with Gasteiger partial charge in [0, 0.05) is 22.1 Å². The highest BCUT2D eigenvalue weighted by atomic mass is 14.9. The summed E-state index contributed by atoms with van der Waals surface area (Å²) in [6.07, 6.45) is 5.97. The summed E-state index contributed by atoms with van der Waals surface area (Å²) in [5, 5.41) is 12.3. The van der Waals surface area contributed by atoms with Crippen molar-refractivity contribution in [3.05, 3.63) is 205 Å². The van der Waals surface area contributed by atoms with E-state index in [2.05, 4.69) is 164 Å². The van der Waals surface area contributed by atoms with Gasteiger partial charge in [-0.15, -0.1) is 0 Å². The predicted molar refractivity (Wildman–Crippen MR) is 246 cm³/mol. The Morgan fingerprint density at radius 2 is 0.850 bits per heavy atom. The summed E-state index contributed by atoms with van der Waals surface area (Å²) >= 11 is 0. The van der Waals surface area contributed by atoms with Gasteiger partial charge in [-0.2, -0.15) is 5.26 Å². The van der Waals surface area contributed by atoms with Crippen molar-refractivity contribution in [2.24, 2.45) is 0 Å². The predicted octanol–water partition coefficient (Wildman–Crippen LogP) is 14.7. The normalized spacial score (nSPS) is 13.8. The minimum Gasteiger partial charge on any atom is -0.228 e. The Bertz CT molecular complexity index is 3100. The number of hydrogen-bond donors (Lipinski definition) is 0. The van der Waals surface area contributed by atoms with E-state index in [-0.39, 0.29) is 5.41 Å². The molecule has 9 aromatic rings. The van der Waals surface area contributed by atoms with Crippen molar-refractivity contribution in [1.29, 1.82) is 5.26 Å². The first-order valence-corrected chi connectivity index (χ1v) is 21.1. The van der Waals surface area contributed by atoms with Crippen LogP contribution in [0.3, 0.4) is 0 Å². The fourth-order valence-corrected chi connectivity index (χ4v) is 9.97. The number of benzene rings is 8. The van der Waals surface area contributed by atoms with Gasteiger partial charge in [0.1, 0.15) is 0 Å². The summed E-state index contributed by atoms with van der Waals surface area (Å²) in [5.41, 5.74) is 18.2. The van der Waals surface area contributed by atoms with Gasteiger partial charge >= 0.3 is 0 Å². The van der Waals surface area contributed by atoms with Crippen LogP contribution < -0.4 is 0 Å². The molecule has 1 saturated carbocycles. The fraction of sp³-hybridized carbons (Fsp3) is 0.105. The molecule has 2 aliphatic rings. The van der Waals surface area contributed by atoms with E-state index in [4.69, 9.17) is 9.97 Å². The Kier molecular flexibility index (Phi) is 8.79. The number of fused-ring (bicyclic) bond motifs is 6. The van der Waals surface area contributed by atoms with E-state index >= 15 is 0 Å². The maximum absolute atomic E-state index is 9.82. The molecule has 60 heavy (non-hydrogen) atoms. The standard InChI is InChI=1S/C57H41N3/c58-37-38-18-28-50-51-29-27-45(35-53(51)57(52(50)34-38)32-10-3-11-33-57)47-31-30-46(48-16-8-9-17-49(47)48)41-21-25-43(26-22-41)55-36-54(59-56(60-55)44-14-6-2-7-15-44)42-23-19-40(20-24-42)39-12-4-1-5-13-39/h1-2,4-9,12-31,34-36H,3,10-11,32-33H2. The van der Waals surface area contributed by atoms with Crippen molar-refractivity contribution in [3.63, 3.8) is 0 Å². The molecule has 11 rings (SSSR count). The molecular weight excluding hydrogens is 727 g/mol. The van der Waals surface area contributed by atoms with E-state index in [9.17, 15) is 5.26 Å². The van der Waals surface area contributed by atoms with Gasteiger partial charge in [-0.3, -0.25) is 0 Å². The summed E-state index contributed by atoms with van der Waals surface area (Å²) in [5.74, 6) is 0.706. The van der Waals surface area contributed by atoms with E-state index in [1.807, 2.05) is 30.3 Å². The average Bonchev–Trinajstić information content (AvgIpc) is 3.58. The number of hydrogen-bond acceptors (Lipinski definition) is 3. The summed E-state index contributed by atoms with van der Waals surface area (Å²) in [7, 11) is 0. The van der Waals surface area contributed by atoms with Crippen LogP contribution in [-0.2, 0) is 5.41 Å². The van der Waals surface area contributed by atoms with Crippen LogP contribution in [0.1, 0.15) is 48.8 Å². The molecule has 8 aromatic carbocycles. The van der Waals surface area contributed by atoms with Crippen LogP contribution in [0, 0.1) is 11.3 Å². The lowest BCUT2D eigenvalue weighted by Gasteiger charge is -2.36. The van der Waals surface area contributed by atoms with Crippen molar-refractivity contribution >= 4 is 10.8 Å². The molecule has 1 spiro atoms. The Balaban J connectivity index is 0.954. The fourth-order valence-electron chi connectivity index (χ4n) is 9.97. The van der Waals surface area contributed by atoms with Crippen LogP contribution >= 0.6 is 0 Å². The van der Waals surface area contributed by atoms with Gasteiger partial charge in [0.2, 0.25) is 0 Å². The van der Waals surface area contributed by atoms with Crippen LogP contribution in [0.4, 0.5) is 0 Å². The molecule has 0 amide bonds. The Morgan fingerprint density at radius 3 is 1.47 bits per heavy atom. The third-order valence-electron chi connectivity index (χ3n) is 13.0. The molecule has 1 heterocycles. The van der Waals surface area contributed by atoms with Crippen LogP contribution in [0.15, 0.2) is 188 Å². The largest absolute Gasteiger partial charge is 0.228 e. The summed E-state index contributed by atoms with van der Waals surface area (Å²) in [6.45, 7) is 0. The molecule has 2 aliphatic carbocycles. The highest BCUT2D eigenvalue weighted by molar-refractivity contribution is 6.05.